The summed E-state index contributed by atoms with van der Waals surface area (Å²) in [5.74, 6) is 0.00615. The van der Waals surface area contributed by atoms with Crippen molar-refractivity contribution in [2.24, 2.45) is 5.16 Å². The van der Waals surface area contributed by atoms with Crippen LogP contribution in [0.3, 0.4) is 0 Å². The number of anilines is 1. The van der Waals surface area contributed by atoms with Gasteiger partial charge < -0.3 is 10.1 Å². The Morgan fingerprint density at radius 3 is 2.85 bits per heavy atom. The van der Waals surface area contributed by atoms with Crippen LogP contribution < -0.4 is 4.90 Å². The Bertz CT molecular complexity index is 650. The van der Waals surface area contributed by atoms with Crippen molar-refractivity contribution in [3.8, 4) is 0 Å². The van der Waals surface area contributed by atoms with Crippen molar-refractivity contribution in [2.75, 3.05) is 11.4 Å². The number of para-hydroxylation sites is 1. The lowest BCUT2D eigenvalue weighted by atomic mass is 10.1. The Balaban J connectivity index is 2.06. The average Bonchev–Trinajstić information content (AvgIpc) is 2.95. The number of nitrogens with zero attached hydrogens (tertiary/aromatic N) is 2. The van der Waals surface area contributed by atoms with Crippen LogP contribution in [0.2, 0.25) is 0 Å². The summed E-state index contributed by atoms with van der Waals surface area (Å²) in [4.78, 5) is 15.1. The highest BCUT2D eigenvalue weighted by molar-refractivity contribution is 7.12. The predicted molar refractivity (Wildman–Crippen MR) is 80.0 cm³/mol. The highest BCUT2D eigenvalue weighted by Gasteiger charge is 2.25. The molecular formula is C15H14N2O2S. The van der Waals surface area contributed by atoms with E-state index in [1.165, 1.54) is 11.3 Å². The van der Waals surface area contributed by atoms with E-state index in [0.717, 1.165) is 22.5 Å². The van der Waals surface area contributed by atoms with Gasteiger partial charge in [-0.25, -0.2) is 0 Å². The molecule has 1 aromatic heterocycles. The molecule has 0 fully saturated rings. The largest absolute Gasteiger partial charge is 0.411 e. The maximum Gasteiger partial charge on any atom is 0.268 e. The number of carbonyl (C=O) groups is 1. The summed E-state index contributed by atoms with van der Waals surface area (Å²) in [5.41, 5.74) is 2.29. The summed E-state index contributed by atoms with van der Waals surface area (Å²) in [5, 5.41) is 14.4. The van der Waals surface area contributed by atoms with E-state index < -0.39 is 0 Å². The third-order valence-electron chi connectivity index (χ3n) is 3.40. The second-order valence-corrected chi connectivity index (χ2v) is 5.55. The number of benzene rings is 1. The molecule has 1 N–H and O–H groups in total. The molecule has 0 bridgehead atoms. The van der Waals surface area contributed by atoms with Crippen molar-refractivity contribution in [3.63, 3.8) is 0 Å². The quantitative estimate of drug-likeness (QED) is 0.645. The van der Waals surface area contributed by atoms with Gasteiger partial charge in [0.15, 0.2) is 0 Å². The first-order valence-corrected chi connectivity index (χ1v) is 7.35. The number of hydrogen-bond acceptors (Lipinski definition) is 4. The third kappa shape index (κ3) is 2.20. The topological polar surface area (TPSA) is 52.9 Å². The minimum atomic E-state index is 0.00615. The predicted octanol–water partition coefficient (Wildman–Crippen LogP) is 3.37. The van der Waals surface area contributed by atoms with Gasteiger partial charge in [-0.15, -0.1) is 11.3 Å². The molecule has 1 aliphatic rings. The molecule has 0 radical (unpaired) electrons. The van der Waals surface area contributed by atoms with Crippen LogP contribution in [0.1, 0.15) is 28.1 Å². The van der Waals surface area contributed by atoms with Crippen LogP contribution >= 0.6 is 11.3 Å². The molecule has 0 atom stereocenters. The van der Waals surface area contributed by atoms with Crippen LogP contribution in [-0.4, -0.2) is 23.4 Å². The van der Waals surface area contributed by atoms with Crippen molar-refractivity contribution < 1.29 is 10.0 Å². The van der Waals surface area contributed by atoms with E-state index in [2.05, 4.69) is 5.16 Å². The Hall–Kier alpha value is -2.14. The molecular weight excluding hydrogens is 272 g/mol. The fraction of sp³-hybridized carbons (Fsp3) is 0.200. The van der Waals surface area contributed by atoms with Crippen LogP contribution in [-0.2, 0) is 0 Å². The number of oxime groups is 1. The lowest BCUT2D eigenvalue weighted by molar-refractivity contribution is 0.0991. The van der Waals surface area contributed by atoms with E-state index in [1.807, 2.05) is 41.8 Å². The molecule has 0 aliphatic carbocycles. The van der Waals surface area contributed by atoms with Gasteiger partial charge in [0.25, 0.3) is 5.91 Å². The van der Waals surface area contributed by atoms with Gasteiger partial charge >= 0.3 is 0 Å². The summed E-state index contributed by atoms with van der Waals surface area (Å²) >= 11 is 1.44. The zero-order valence-electron chi connectivity index (χ0n) is 10.8. The second kappa shape index (κ2) is 5.46. The van der Waals surface area contributed by atoms with Crippen LogP contribution in [0, 0.1) is 0 Å². The standard InChI is InChI=1S/C15H14N2O2S/c18-15(14-8-4-10-20-14)17-9-3-6-12(16-19)11-5-1-2-7-13(11)17/h1-2,4-5,7-8,10,19H,3,6,9H2/b16-12-. The molecule has 1 aromatic carbocycles. The molecule has 20 heavy (non-hydrogen) atoms. The molecule has 0 spiro atoms. The Kier molecular flexibility index (Phi) is 3.52. The SMILES string of the molecule is O=C(c1cccs1)N1CCC/C(=N/O)c2ccccc21. The third-order valence-corrected chi connectivity index (χ3v) is 4.26. The second-order valence-electron chi connectivity index (χ2n) is 4.60. The van der Waals surface area contributed by atoms with Gasteiger partial charge in [-0.2, -0.15) is 0 Å². The first kappa shape index (κ1) is 12.9. The molecule has 1 aliphatic heterocycles. The molecule has 2 aromatic rings. The fourth-order valence-electron chi connectivity index (χ4n) is 2.46. The molecule has 2 heterocycles. The average molecular weight is 286 g/mol. The van der Waals surface area contributed by atoms with Crippen LogP contribution in [0.15, 0.2) is 46.9 Å². The maximum atomic E-state index is 12.6. The van der Waals surface area contributed by atoms with E-state index in [1.54, 1.807) is 4.90 Å². The summed E-state index contributed by atoms with van der Waals surface area (Å²) in [6, 6.07) is 11.3. The summed E-state index contributed by atoms with van der Waals surface area (Å²) in [7, 11) is 0. The zero-order chi connectivity index (χ0) is 13.9. The number of carbonyl (C=O) groups excluding carboxylic acids is 1. The molecule has 0 saturated heterocycles. The Morgan fingerprint density at radius 2 is 2.10 bits per heavy atom. The van der Waals surface area contributed by atoms with E-state index in [9.17, 15) is 4.79 Å². The highest BCUT2D eigenvalue weighted by Crippen LogP contribution is 2.28. The molecule has 5 heteroatoms. The number of hydrogen-bond donors (Lipinski definition) is 1. The van der Waals surface area contributed by atoms with Gasteiger partial charge in [-0.05, 0) is 30.4 Å². The first-order chi connectivity index (χ1) is 9.81. The molecule has 102 valence electrons. The van der Waals surface area contributed by atoms with Gasteiger partial charge in [0, 0.05) is 12.1 Å². The molecule has 1 amide bonds. The van der Waals surface area contributed by atoms with Crippen LogP contribution in [0.25, 0.3) is 0 Å². The monoisotopic (exact) mass is 286 g/mol. The summed E-state index contributed by atoms with van der Waals surface area (Å²) in [6.07, 6.45) is 1.45. The molecule has 0 saturated carbocycles. The molecule has 0 unspecified atom stereocenters. The van der Waals surface area contributed by atoms with E-state index in [-0.39, 0.29) is 5.91 Å². The molecule has 4 nitrogen and oxygen atoms in total. The minimum absolute atomic E-state index is 0.00615. The summed E-state index contributed by atoms with van der Waals surface area (Å²) in [6.45, 7) is 0.632. The van der Waals surface area contributed by atoms with Crippen molar-refractivity contribution in [1.82, 2.24) is 0 Å². The van der Waals surface area contributed by atoms with Gasteiger partial charge in [0.2, 0.25) is 0 Å². The number of thiophene rings is 1. The van der Waals surface area contributed by atoms with Crippen molar-refractivity contribution >= 4 is 28.6 Å². The van der Waals surface area contributed by atoms with E-state index >= 15 is 0 Å². The number of amides is 1. The van der Waals surface area contributed by atoms with Crippen molar-refractivity contribution in [3.05, 3.63) is 52.2 Å². The number of rotatable bonds is 1. The Labute approximate surface area is 121 Å². The maximum absolute atomic E-state index is 12.6. The highest BCUT2D eigenvalue weighted by atomic mass is 32.1. The smallest absolute Gasteiger partial charge is 0.268 e. The number of fused-ring (bicyclic) bond motifs is 1. The normalized spacial score (nSPS) is 16.8. The van der Waals surface area contributed by atoms with Gasteiger partial charge in [-0.1, -0.05) is 29.4 Å². The van der Waals surface area contributed by atoms with Crippen LogP contribution in [0.4, 0.5) is 5.69 Å². The molecule has 3 rings (SSSR count). The fourth-order valence-corrected chi connectivity index (χ4v) is 3.13. The summed E-state index contributed by atoms with van der Waals surface area (Å²) < 4.78 is 0. The first-order valence-electron chi connectivity index (χ1n) is 6.47. The Morgan fingerprint density at radius 1 is 1.25 bits per heavy atom. The van der Waals surface area contributed by atoms with Crippen LogP contribution in [0.5, 0.6) is 0 Å². The minimum Gasteiger partial charge on any atom is -0.411 e. The van der Waals surface area contributed by atoms with E-state index in [0.29, 0.717) is 18.7 Å². The zero-order valence-corrected chi connectivity index (χ0v) is 11.6. The van der Waals surface area contributed by atoms with Gasteiger partial charge in [0.1, 0.15) is 0 Å². The van der Waals surface area contributed by atoms with Crippen molar-refractivity contribution in [1.29, 1.82) is 0 Å². The van der Waals surface area contributed by atoms with E-state index in [4.69, 9.17) is 5.21 Å². The lowest BCUT2D eigenvalue weighted by Gasteiger charge is -2.22. The van der Waals surface area contributed by atoms with Crippen molar-refractivity contribution in [2.45, 2.75) is 12.8 Å². The van der Waals surface area contributed by atoms with Gasteiger partial charge in [-0.3, -0.25) is 4.79 Å². The lowest BCUT2D eigenvalue weighted by Crippen LogP contribution is -2.31. The van der Waals surface area contributed by atoms with Gasteiger partial charge in [0.05, 0.1) is 16.3 Å².